The van der Waals surface area contributed by atoms with Crippen molar-refractivity contribution in [3.8, 4) is 0 Å². The molecule has 1 aromatic rings. The van der Waals surface area contributed by atoms with Gasteiger partial charge in [0.05, 0.1) is 0 Å². The second kappa shape index (κ2) is 12.1. The Hall–Kier alpha value is -1.71. The first kappa shape index (κ1) is 24.4. The molecule has 4 rings (SSSR count). The van der Waals surface area contributed by atoms with Crippen molar-refractivity contribution >= 4 is 23.0 Å². The molecule has 6 nitrogen and oxygen atoms in total. The molecule has 0 spiro atoms. The van der Waals surface area contributed by atoms with Crippen LogP contribution in [-0.2, 0) is 6.54 Å². The van der Waals surface area contributed by atoms with Gasteiger partial charge in [0.2, 0.25) is 0 Å². The average molecular weight is 580 g/mol. The van der Waals surface area contributed by atoms with Crippen molar-refractivity contribution in [3.05, 3.63) is 60.9 Å². The number of rotatable bonds is 9. The summed E-state index contributed by atoms with van der Waals surface area (Å²) in [5, 5.41) is 8.07. The maximum absolute atomic E-state index is 6.66. The topological polar surface area (TPSA) is 87.7 Å². The Morgan fingerprint density at radius 1 is 1.21 bits per heavy atom. The molecule has 2 aliphatic carbocycles. The molecule has 1 aromatic heterocycles. The van der Waals surface area contributed by atoms with E-state index in [1.165, 1.54) is 18.4 Å². The molecule has 0 atom stereocenters. The zero-order valence-electron chi connectivity index (χ0n) is 19.1. The Balaban J connectivity index is 1.35. The minimum atomic E-state index is -0.310. The zero-order chi connectivity index (χ0) is 23.0. The van der Waals surface area contributed by atoms with Gasteiger partial charge in [-0.3, -0.25) is 0 Å². The zero-order valence-corrected chi connectivity index (χ0v) is 22.0. The van der Waals surface area contributed by atoms with E-state index in [2.05, 4.69) is 34.8 Å². The van der Waals surface area contributed by atoms with Crippen molar-refractivity contribution in [3.63, 3.8) is 0 Å². The molecule has 3 aliphatic rings. The Morgan fingerprint density at radius 2 is 2.00 bits per heavy atom. The van der Waals surface area contributed by atoms with Crippen LogP contribution in [0.15, 0.2) is 65.3 Å². The van der Waals surface area contributed by atoms with Gasteiger partial charge >= 0.3 is 207 Å². The number of aliphatic imine (C=N–C) groups is 2. The number of nitrogens with one attached hydrogen (secondary N) is 2. The predicted octanol–water partition coefficient (Wildman–Crippen LogP) is 1.21. The van der Waals surface area contributed by atoms with Gasteiger partial charge in [-0.15, -0.1) is 0 Å². The van der Waals surface area contributed by atoms with Crippen LogP contribution >= 0.6 is 11.6 Å². The van der Waals surface area contributed by atoms with Gasteiger partial charge in [0.25, 0.3) is 0 Å². The van der Waals surface area contributed by atoms with Crippen LogP contribution in [0.25, 0.3) is 0 Å². The number of nitrogens with two attached hydrogens (primary N) is 1. The van der Waals surface area contributed by atoms with Crippen molar-refractivity contribution in [2.24, 2.45) is 21.6 Å². The number of hydrogen-bond acceptors (Lipinski definition) is 6. The van der Waals surface area contributed by atoms with Gasteiger partial charge in [-0.05, 0) is 0 Å². The van der Waals surface area contributed by atoms with E-state index in [4.69, 9.17) is 22.3 Å². The molecular formula is C25H33ClIN6-. The summed E-state index contributed by atoms with van der Waals surface area (Å²) in [5.41, 5.74) is 9.91. The van der Waals surface area contributed by atoms with Crippen LogP contribution in [0.3, 0.4) is 0 Å². The van der Waals surface area contributed by atoms with E-state index in [1.54, 1.807) is 6.20 Å². The number of halogens is 2. The fourth-order valence-electron chi connectivity index (χ4n) is 4.29. The van der Waals surface area contributed by atoms with Gasteiger partial charge in [0.1, 0.15) is 0 Å². The molecule has 2 heterocycles. The van der Waals surface area contributed by atoms with Crippen molar-refractivity contribution in [2.45, 2.75) is 63.6 Å². The fourth-order valence-corrected chi connectivity index (χ4v) is 6.21. The normalized spacial score (nSPS) is 24.7. The van der Waals surface area contributed by atoms with E-state index in [1.807, 2.05) is 25.5 Å². The molecule has 0 aromatic carbocycles. The van der Waals surface area contributed by atoms with E-state index in [-0.39, 0.29) is 21.2 Å². The second-order valence-corrected chi connectivity index (χ2v) is 11.2. The third-order valence-corrected chi connectivity index (χ3v) is 8.95. The summed E-state index contributed by atoms with van der Waals surface area (Å²) in [7, 11) is 1.83. The number of hydrogen-bond donors (Lipinski definition) is 3. The molecule has 0 bridgehead atoms. The quantitative estimate of drug-likeness (QED) is 0.303. The second-order valence-electron chi connectivity index (χ2n) is 8.87. The first-order chi connectivity index (χ1) is 16.2. The van der Waals surface area contributed by atoms with Crippen molar-refractivity contribution < 1.29 is 21.2 Å². The Labute approximate surface area is 212 Å². The van der Waals surface area contributed by atoms with Gasteiger partial charge in [-0.25, -0.2) is 0 Å². The summed E-state index contributed by atoms with van der Waals surface area (Å²) in [6.45, 7) is 0.875. The van der Waals surface area contributed by atoms with Crippen LogP contribution in [0, 0.1) is 5.92 Å². The van der Waals surface area contributed by atoms with Crippen LogP contribution in [0.1, 0.15) is 50.5 Å². The molecule has 1 aliphatic heterocycles. The van der Waals surface area contributed by atoms with Crippen LogP contribution in [0.4, 0.5) is 0 Å². The Bertz CT molecular complexity index is 956. The predicted molar refractivity (Wildman–Crippen MR) is 133 cm³/mol. The van der Waals surface area contributed by atoms with Gasteiger partial charge in [-0.1, -0.05) is 0 Å². The van der Waals surface area contributed by atoms with Crippen LogP contribution in [-0.4, -0.2) is 35.5 Å². The SMILES string of the molecule is CN=C(CC1CC1)C(=CN)C1=NC(NC2CCC(NCc3cccnc3)CC2)=C[I-]C=C1Cl. The molecular weight excluding hydrogens is 547 g/mol. The molecule has 33 heavy (non-hydrogen) atoms. The van der Waals surface area contributed by atoms with Crippen molar-refractivity contribution in [1.29, 1.82) is 0 Å². The molecule has 8 heteroatoms. The molecule has 2 saturated carbocycles. The van der Waals surface area contributed by atoms with E-state index >= 15 is 0 Å². The van der Waals surface area contributed by atoms with Gasteiger partial charge in [-0.2, -0.15) is 0 Å². The summed E-state index contributed by atoms with van der Waals surface area (Å²) >= 11 is 6.35. The third-order valence-electron chi connectivity index (χ3n) is 6.36. The van der Waals surface area contributed by atoms with E-state index in [9.17, 15) is 0 Å². The monoisotopic (exact) mass is 579 g/mol. The average Bonchev–Trinajstić information content (AvgIpc) is 3.68. The number of aromatic nitrogens is 1. The van der Waals surface area contributed by atoms with Crippen LogP contribution < -0.4 is 37.6 Å². The molecule has 178 valence electrons. The number of pyridine rings is 1. The third kappa shape index (κ3) is 7.13. The Kier molecular flexibility index (Phi) is 8.97. The van der Waals surface area contributed by atoms with Crippen molar-refractivity contribution in [1.82, 2.24) is 15.6 Å². The van der Waals surface area contributed by atoms with E-state index < -0.39 is 0 Å². The van der Waals surface area contributed by atoms with Crippen molar-refractivity contribution in [2.75, 3.05) is 7.05 Å². The first-order valence-corrected chi connectivity index (χ1v) is 14.6. The molecule has 2 fully saturated rings. The number of nitrogens with zero attached hydrogens (tertiary/aromatic N) is 3. The molecule has 4 N–H and O–H groups in total. The van der Waals surface area contributed by atoms with E-state index in [0.717, 1.165) is 67.4 Å². The standard InChI is InChI=1S/C25H33ClIN6/c1-29-23(11-17-4-5-17)21(14-28)25-22(26)12-27-13-24(33-25)32-20-8-6-19(7-9-20)31-16-18-3-2-10-30-15-18/h2-3,10,12-15,17,19-20,31-32H,4-9,11,16,28H2,1H3/q-1. The summed E-state index contributed by atoms with van der Waals surface area (Å²) in [5.74, 6) is 1.65. The van der Waals surface area contributed by atoms with Gasteiger partial charge in [0, 0.05) is 6.20 Å². The van der Waals surface area contributed by atoms with Crippen LogP contribution in [0.5, 0.6) is 0 Å². The van der Waals surface area contributed by atoms with Gasteiger partial charge in [0.15, 0.2) is 0 Å². The summed E-state index contributed by atoms with van der Waals surface area (Å²) < 4.78 is 4.33. The fraction of sp³-hybridized carbons (Fsp3) is 0.480. The molecule has 0 saturated heterocycles. The summed E-state index contributed by atoms with van der Waals surface area (Å²) in [4.78, 5) is 13.7. The summed E-state index contributed by atoms with van der Waals surface area (Å²) in [6, 6.07) is 5.08. The van der Waals surface area contributed by atoms with Crippen LogP contribution in [0.2, 0.25) is 0 Å². The molecule has 0 amide bonds. The minimum absolute atomic E-state index is 0.310. The molecule has 0 unspecified atom stereocenters. The maximum atomic E-state index is 6.66. The summed E-state index contributed by atoms with van der Waals surface area (Å²) in [6.07, 6.45) is 13.4. The van der Waals surface area contributed by atoms with E-state index in [0.29, 0.717) is 17.1 Å². The van der Waals surface area contributed by atoms with Gasteiger partial charge < -0.3 is 0 Å². The Morgan fingerprint density at radius 3 is 2.67 bits per heavy atom. The number of allylic oxidation sites excluding steroid dienone is 2. The first-order valence-electron chi connectivity index (χ1n) is 11.7. The molecule has 0 radical (unpaired) electrons.